The summed E-state index contributed by atoms with van der Waals surface area (Å²) in [6.45, 7) is 0.777. The van der Waals surface area contributed by atoms with Crippen LogP contribution in [-0.4, -0.2) is 20.2 Å². The normalized spacial score (nSPS) is 15.8. The summed E-state index contributed by atoms with van der Waals surface area (Å²) < 4.78 is 15.3. The maximum absolute atomic E-state index is 13.5. The topological polar surface area (TPSA) is 69.6 Å². The van der Waals surface area contributed by atoms with E-state index in [0.717, 1.165) is 18.9 Å². The largest absolute Gasteiger partial charge is 0.396 e. The van der Waals surface area contributed by atoms with Crippen LogP contribution < -0.4 is 5.73 Å². The summed E-state index contributed by atoms with van der Waals surface area (Å²) in [4.78, 5) is 0. The van der Waals surface area contributed by atoms with Crippen LogP contribution in [0.1, 0.15) is 32.1 Å². The first-order valence-electron chi connectivity index (χ1n) is 7.05. The number of halogens is 1. The van der Waals surface area contributed by atoms with E-state index >= 15 is 0 Å². The van der Waals surface area contributed by atoms with Gasteiger partial charge in [0, 0.05) is 12.1 Å². The summed E-state index contributed by atoms with van der Waals surface area (Å²) in [6.07, 6.45) is 6.34. The summed E-state index contributed by atoms with van der Waals surface area (Å²) in [5, 5.41) is 11.7. The number of rotatable bonds is 4. The monoisotopic (exact) mass is 275 g/mol. The molecular weight excluding hydrogens is 257 g/mol. The van der Waals surface area contributed by atoms with Crippen molar-refractivity contribution in [1.29, 1.82) is 0 Å². The average molecular weight is 275 g/mol. The predicted molar refractivity (Wildman–Crippen MR) is 74.2 cm³/mol. The minimum atomic E-state index is -0.437. The van der Waals surface area contributed by atoms with Gasteiger partial charge in [-0.3, -0.25) is 0 Å². The molecule has 3 rings (SSSR count). The van der Waals surface area contributed by atoms with Gasteiger partial charge in [0.05, 0.1) is 5.69 Å². The van der Waals surface area contributed by atoms with Gasteiger partial charge in [0.25, 0.3) is 0 Å². The van der Waals surface area contributed by atoms with Gasteiger partial charge in [0.1, 0.15) is 5.82 Å². The fraction of sp³-hybridized carbons (Fsp3) is 0.500. The number of hydrogen-bond acceptors (Lipinski definition) is 4. The molecule has 0 radical (unpaired) electrons. The summed E-state index contributed by atoms with van der Waals surface area (Å²) in [6, 6.07) is 4.67. The zero-order valence-corrected chi connectivity index (χ0v) is 11.3. The molecule has 0 bridgehead atoms. The molecule has 2 aromatic rings. The fourth-order valence-electron chi connectivity index (χ4n) is 2.83. The Bertz CT molecular complexity index is 589. The van der Waals surface area contributed by atoms with Gasteiger partial charge < -0.3 is 5.73 Å². The van der Waals surface area contributed by atoms with Crippen LogP contribution in [0.2, 0.25) is 0 Å². The highest BCUT2D eigenvalue weighted by molar-refractivity contribution is 5.58. The smallest absolute Gasteiger partial charge is 0.182 e. The molecule has 0 spiro atoms. The first kappa shape index (κ1) is 13.0. The molecule has 1 aromatic heterocycles. The molecule has 0 amide bonds. The zero-order valence-electron chi connectivity index (χ0n) is 11.3. The Hall–Kier alpha value is -1.98. The van der Waals surface area contributed by atoms with E-state index in [1.165, 1.54) is 31.7 Å². The van der Waals surface area contributed by atoms with E-state index in [4.69, 9.17) is 5.73 Å². The second-order valence-electron chi connectivity index (χ2n) is 5.40. The SMILES string of the molecule is Nc1ccc(-c2nnnn2CCC2CCCC2)cc1F. The minimum Gasteiger partial charge on any atom is -0.396 e. The lowest BCUT2D eigenvalue weighted by Crippen LogP contribution is -2.07. The first-order valence-corrected chi connectivity index (χ1v) is 7.05. The Morgan fingerprint density at radius 3 is 2.85 bits per heavy atom. The highest BCUT2D eigenvalue weighted by Crippen LogP contribution is 2.28. The van der Waals surface area contributed by atoms with E-state index in [1.54, 1.807) is 16.8 Å². The third-order valence-electron chi connectivity index (χ3n) is 4.01. The number of nitrogens with two attached hydrogens (primary N) is 1. The van der Waals surface area contributed by atoms with Crippen molar-refractivity contribution in [2.45, 2.75) is 38.6 Å². The van der Waals surface area contributed by atoms with E-state index in [2.05, 4.69) is 15.5 Å². The molecule has 0 saturated heterocycles. The Kier molecular flexibility index (Phi) is 3.62. The Morgan fingerprint density at radius 1 is 1.30 bits per heavy atom. The highest BCUT2D eigenvalue weighted by Gasteiger charge is 2.17. The second kappa shape index (κ2) is 5.56. The molecule has 1 fully saturated rings. The highest BCUT2D eigenvalue weighted by atomic mass is 19.1. The molecular formula is C14H18FN5. The molecule has 0 aliphatic heterocycles. The Morgan fingerprint density at radius 2 is 2.10 bits per heavy atom. The van der Waals surface area contributed by atoms with Crippen LogP contribution in [0.4, 0.5) is 10.1 Å². The van der Waals surface area contributed by atoms with Gasteiger partial charge in [-0.2, -0.15) is 0 Å². The molecule has 1 heterocycles. The molecule has 1 aromatic carbocycles. The maximum atomic E-state index is 13.5. The molecule has 0 atom stereocenters. The number of anilines is 1. The van der Waals surface area contributed by atoms with Gasteiger partial charge >= 0.3 is 0 Å². The van der Waals surface area contributed by atoms with Crippen molar-refractivity contribution in [3.05, 3.63) is 24.0 Å². The fourth-order valence-corrected chi connectivity index (χ4v) is 2.83. The van der Waals surface area contributed by atoms with Gasteiger partial charge in [-0.25, -0.2) is 9.07 Å². The van der Waals surface area contributed by atoms with E-state index in [-0.39, 0.29) is 5.69 Å². The third kappa shape index (κ3) is 2.64. The molecule has 20 heavy (non-hydrogen) atoms. The number of aryl methyl sites for hydroxylation is 1. The van der Waals surface area contributed by atoms with Crippen LogP contribution in [0.5, 0.6) is 0 Å². The molecule has 1 aliphatic rings. The molecule has 1 aliphatic carbocycles. The number of nitrogens with zero attached hydrogens (tertiary/aromatic N) is 4. The molecule has 6 heteroatoms. The van der Waals surface area contributed by atoms with Gasteiger partial charge in [0.2, 0.25) is 0 Å². The second-order valence-corrected chi connectivity index (χ2v) is 5.40. The standard InChI is InChI=1S/C14H18FN5/c15-12-9-11(5-6-13(12)16)14-17-18-19-20(14)8-7-10-3-1-2-4-10/h5-6,9-10H,1-4,7-8,16H2. The quantitative estimate of drug-likeness (QED) is 0.871. The summed E-state index contributed by atoms with van der Waals surface area (Å²) in [5.74, 6) is 0.935. The van der Waals surface area contributed by atoms with E-state index < -0.39 is 5.82 Å². The van der Waals surface area contributed by atoms with Crippen LogP contribution in [0.3, 0.4) is 0 Å². The third-order valence-corrected chi connectivity index (χ3v) is 4.01. The summed E-state index contributed by atoms with van der Waals surface area (Å²) in [7, 11) is 0. The number of hydrogen-bond donors (Lipinski definition) is 1. The lowest BCUT2D eigenvalue weighted by Gasteiger charge is -2.09. The molecule has 5 nitrogen and oxygen atoms in total. The van der Waals surface area contributed by atoms with Crippen molar-refractivity contribution < 1.29 is 4.39 Å². The lowest BCUT2D eigenvalue weighted by molar-refractivity contribution is 0.436. The Labute approximate surface area is 117 Å². The van der Waals surface area contributed by atoms with Gasteiger partial charge in [-0.1, -0.05) is 25.7 Å². The van der Waals surface area contributed by atoms with Crippen LogP contribution >= 0.6 is 0 Å². The average Bonchev–Trinajstić information content (AvgIpc) is 3.10. The van der Waals surface area contributed by atoms with Crippen LogP contribution in [0.15, 0.2) is 18.2 Å². The van der Waals surface area contributed by atoms with Crippen molar-refractivity contribution in [1.82, 2.24) is 20.2 Å². The van der Waals surface area contributed by atoms with Crippen LogP contribution in [0.25, 0.3) is 11.4 Å². The van der Waals surface area contributed by atoms with Crippen molar-refractivity contribution in [3.8, 4) is 11.4 Å². The number of nitrogen functional groups attached to an aromatic ring is 1. The number of tetrazole rings is 1. The van der Waals surface area contributed by atoms with E-state index in [9.17, 15) is 4.39 Å². The van der Waals surface area contributed by atoms with Gasteiger partial charge in [-0.15, -0.1) is 5.10 Å². The zero-order chi connectivity index (χ0) is 13.9. The van der Waals surface area contributed by atoms with Crippen LogP contribution in [0, 0.1) is 11.7 Å². The van der Waals surface area contributed by atoms with Crippen LogP contribution in [-0.2, 0) is 6.54 Å². The van der Waals surface area contributed by atoms with Crippen molar-refractivity contribution >= 4 is 5.69 Å². The maximum Gasteiger partial charge on any atom is 0.182 e. The lowest BCUT2D eigenvalue weighted by atomic mass is 10.0. The van der Waals surface area contributed by atoms with Crippen molar-refractivity contribution in [2.75, 3.05) is 5.73 Å². The van der Waals surface area contributed by atoms with Crippen molar-refractivity contribution in [2.24, 2.45) is 5.92 Å². The van der Waals surface area contributed by atoms with Gasteiger partial charge in [0.15, 0.2) is 5.82 Å². The molecule has 106 valence electrons. The van der Waals surface area contributed by atoms with Crippen molar-refractivity contribution in [3.63, 3.8) is 0 Å². The molecule has 2 N–H and O–H groups in total. The summed E-state index contributed by atoms with van der Waals surface area (Å²) in [5.41, 5.74) is 6.29. The minimum absolute atomic E-state index is 0.138. The van der Waals surface area contributed by atoms with Gasteiger partial charge in [-0.05, 0) is 41.0 Å². The predicted octanol–water partition coefficient (Wildman–Crippen LogP) is 2.64. The number of benzene rings is 1. The first-order chi connectivity index (χ1) is 9.74. The molecule has 1 saturated carbocycles. The summed E-state index contributed by atoms with van der Waals surface area (Å²) >= 11 is 0. The van der Waals surface area contributed by atoms with E-state index in [1.807, 2.05) is 0 Å². The molecule has 0 unspecified atom stereocenters. The number of aromatic nitrogens is 4. The Balaban J connectivity index is 1.76. The van der Waals surface area contributed by atoms with E-state index in [0.29, 0.717) is 11.4 Å².